The number of nitrogens with zero attached hydrogens (tertiary/aromatic N) is 1. The van der Waals surface area contributed by atoms with Crippen LogP contribution >= 0.6 is 0 Å². The number of benzene rings is 2. The van der Waals surface area contributed by atoms with Crippen LogP contribution in [0.25, 0.3) is 22.1 Å². The summed E-state index contributed by atoms with van der Waals surface area (Å²) in [5.41, 5.74) is 2.98. The second-order valence-corrected chi connectivity index (χ2v) is 8.02. The number of likely N-dealkylation sites (tertiary alicyclic amines) is 1. The van der Waals surface area contributed by atoms with Crippen molar-refractivity contribution in [2.45, 2.75) is 33.2 Å². The van der Waals surface area contributed by atoms with Crippen LogP contribution in [0, 0.1) is 12.8 Å². The third-order valence-corrected chi connectivity index (χ3v) is 6.05. The summed E-state index contributed by atoms with van der Waals surface area (Å²) >= 11 is 0. The molecule has 3 aromatic rings. The molecule has 0 aliphatic carbocycles. The van der Waals surface area contributed by atoms with Crippen molar-refractivity contribution < 1.29 is 14.3 Å². The third kappa shape index (κ3) is 3.75. The molecule has 0 bridgehead atoms. The SMILES string of the molecule is COc1ccc(-c2c(C)c3ccc(O)c(CN4CCC(C)CC4)c3oc2=O)cc1. The molecule has 1 aromatic heterocycles. The summed E-state index contributed by atoms with van der Waals surface area (Å²) in [6.45, 7) is 6.77. The van der Waals surface area contributed by atoms with Gasteiger partial charge in [-0.15, -0.1) is 0 Å². The highest BCUT2D eigenvalue weighted by molar-refractivity contribution is 5.89. The molecular weight excluding hydrogens is 366 g/mol. The number of aromatic hydroxyl groups is 1. The number of hydrogen-bond donors (Lipinski definition) is 1. The topological polar surface area (TPSA) is 62.9 Å². The maximum Gasteiger partial charge on any atom is 0.344 e. The van der Waals surface area contributed by atoms with Gasteiger partial charge in [0.05, 0.1) is 18.2 Å². The Bertz CT molecular complexity index is 1080. The Labute approximate surface area is 170 Å². The molecule has 1 fully saturated rings. The van der Waals surface area contributed by atoms with Crippen LogP contribution in [0.4, 0.5) is 0 Å². The van der Waals surface area contributed by atoms with E-state index in [1.165, 1.54) is 0 Å². The van der Waals surface area contributed by atoms with Gasteiger partial charge in [-0.1, -0.05) is 19.1 Å². The lowest BCUT2D eigenvalue weighted by Gasteiger charge is -2.30. The minimum atomic E-state index is -0.390. The first-order valence-corrected chi connectivity index (χ1v) is 10.1. The minimum absolute atomic E-state index is 0.177. The first-order valence-electron chi connectivity index (χ1n) is 10.1. The van der Waals surface area contributed by atoms with Crippen molar-refractivity contribution in [2.75, 3.05) is 20.2 Å². The summed E-state index contributed by atoms with van der Waals surface area (Å²) in [5.74, 6) is 1.65. The normalized spacial score (nSPS) is 15.7. The first kappa shape index (κ1) is 19.5. The number of aryl methyl sites for hydroxylation is 1. The molecule has 1 N–H and O–H groups in total. The van der Waals surface area contributed by atoms with Crippen molar-refractivity contribution in [2.24, 2.45) is 5.92 Å². The summed E-state index contributed by atoms with van der Waals surface area (Å²) in [7, 11) is 1.61. The molecule has 0 amide bonds. The Balaban J connectivity index is 1.79. The predicted molar refractivity (Wildman–Crippen MR) is 115 cm³/mol. The molecule has 2 aromatic carbocycles. The quantitative estimate of drug-likeness (QED) is 0.650. The summed E-state index contributed by atoms with van der Waals surface area (Å²) < 4.78 is 11.0. The van der Waals surface area contributed by atoms with E-state index in [1.807, 2.05) is 37.3 Å². The monoisotopic (exact) mass is 393 g/mol. The van der Waals surface area contributed by atoms with Crippen LogP contribution in [-0.2, 0) is 6.54 Å². The van der Waals surface area contributed by atoms with Crippen LogP contribution in [0.5, 0.6) is 11.5 Å². The maximum atomic E-state index is 12.9. The molecule has 0 unspecified atom stereocenters. The maximum absolute atomic E-state index is 12.9. The van der Waals surface area contributed by atoms with Gasteiger partial charge in [0.25, 0.3) is 0 Å². The van der Waals surface area contributed by atoms with Gasteiger partial charge in [0.1, 0.15) is 17.1 Å². The van der Waals surface area contributed by atoms with E-state index in [0.717, 1.165) is 54.1 Å². The molecule has 5 nitrogen and oxygen atoms in total. The molecule has 29 heavy (non-hydrogen) atoms. The number of hydrogen-bond acceptors (Lipinski definition) is 5. The fraction of sp³-hybridized carbons (Fsp3) is 0.375. The molecule has 2 heterocycles. The van der Waals surface area contributed by atoms with E-state index in [2.05, 4.69) is 11.8 Å². The smallest absolute Gasteiger partial charge is 0.344 e. The molecular formula is C24H27NO4. The fourth-order valence-electron chi connectivity index (χ4n) is 4.15. The van der Waals surface area contributed by atoms with E-state index < -0.39 is 0 Å². The molecule has 1 saturated heterocycles. The Hall–Kier alpha value is -2.79. The molecule has 5 heteroatoms. The lowest BCUT2D eigenvalue weighted by molar-refractivity contribution is 0.183. The number of ether oxygens (including phenoxy) is 1. The molecule has 0 atom stereocenters. The van der Waals surface area contributed by atoms with Gasteiger partial charge in [0.15, 0.2) is 0 Å². The van der Waals surface area contributed by atoms with Crippen molar-refractivity contribution in [3.05, 3.63) is 57.9 Å². The second kappa shape index (κ2) is 7.91. The lowest BCUT2D eigenvalue weighted by atomic mass is 9.96. The van der Waals surface area contributed by atoms with E-state index in [-0.39, 0.29) is 11.4 Å². The van der Waals surface area contributed by atoms with Crippen molar-refractivity contribution in [1.29, 1.82) is 0 Å². The highest BCUT2D eigenvalue weighted by Gasteiger charge is 2.21. The van der Waals surface area contributed by atoms with Gasteiger partial charge >= 0.3 is 5.63 Å². The van der Waals surface area contributed by atoms with E-state index in [1.54, 1.807) is 13.2 Å². The van der Waals surface area contributed by atoms with E-state index in [9.17, 15) is 9.90 Å². The summed E-state index contributed by atoms with van der Waals surface area (Å²) in [5, 5.41) is 11.4. The van der Waals surface area contributed by atoms with E-state index in [4.69, 9.17) is 9.15 Å². The average Bonchev–Trinajstić information content (AvgIpc) is 2.72. The molecule has 4 rings (SSSR count). The second-order valence-electron chi connectivity index (χ2n) is 8.02. The molecule has 0 saturated carbocycles. The summed E-state index contributed by atoms with van der Waals surface area (Å²) in [6.07, 6.45) is 2.30. The van der Waals surface area contributed by atoms with Crippen LogP contribution < -0.4 is 10.4 Å². The van der Waals surface area contributed by atoms with Crippen LogP contribution in [0.3, 0.4) is 0 Å². The van der Waals surface area contributed by atoms with Crippen molar-refractivity contribution >= 4 is 11.0 Å². The fourth-order valence-corrected chi connectivity index (χ4v) is 4.15. The average molecular weight is 393 g/mol. The standard InChI is InChI=1S/C24H27NO4/c1-15-10-12-25(13-11-15)14-20-21(26)9-8-19-16(2)22(24(27)29-23(19)20)17-4-6-18(28-3)7-5-17/h4-9,15,26H,10-14H2,1-3H3. The molecule has 1 aliphatic heterocycles. The van der Waals surface area contributed by atoms with Gasteiger partial charge in [-0.3, -0.25) is 4.90 Å². The zero-order chi connectivity index (χ0) is 20.5. The van der Waals surface area contributed by atoms with Gasteiger partial charge in [-0.2, -0.15) is 0 Å². The zero-order valence-electron chi connectivity index (χ0n) is 17.2. The number of fused-ring (bicyclic) bond motifs is 1. The van der Waals surface area contributed by atoms with Gasteiger partial charge in [-0.25, -0.2) is 4.79 Å². The lowest BCUT2D eigenvalue weighted by Crippen LogP contribution is -2.32. The van der Waals surface area contributed by atoms with E-state index >= 15 is 0 Å². The number of phenolic OH excluding ortho intramolecular Hbond substituents is 1. The van der Waals surface area contributed by atoms with Gasteiger partial charge in [-0.05, 0) is 74.2 Å². The van der Waals surface area contributed by atoms with E-state index in [0.29, 0.717) is 23.3 Å². The zero-order valence-corrected chi connectivity index (χ0v) is 17.2. The highest BCUT2D eigenvalue weighted by Crippen LogP contribution is 2.34. The van der Waals surface area contributed by atoms with Crippen molar-refractivity contribution in [3.63, 3.8) is 0 Å². The third-order valence-electron chi connectivity index (χ3n) is 6.05. The number of piperidine rings is 1. The van der Waals surface area contributed by atoms with Crippen LogP contribution in [0.2, 0.25) is 0 Å². The first-order chi connectivity index (χ1) is 14.0. The number of methoxy groups -OCH3 is 1. The minimum Gasteiger partial charge on any atom is -0.507 e. The molecule has 1 aliphatic rings. The van der Waals surface area contributed by atoms with Crippen LogP contribution in [0.15, 0.2) is 45.6 Å². The molecule has 0 spiro atoms. The van der Waals surface area contributed by atoms with Gasteiger partial charge in [0.2, 0.25) is 0 Å². The largest absolute Gasteiger partial charge is 0.507 e. The van der Waals surface area contributed by atoms with Crippen molar-refractivity contribution in [3.8, 4) is 22.6 Å². The Morgan fingerprint density at radius 1 is 1.14 bits per heavy atom. The summed E-state index contributed by atoms with van der Waals surface area (Å²) in [4.78, 5) is 15.2. The predicted octanol–water partition coefficient (Wildman–Crippen LogP) is 4.71. The molecule has 152 valence electrons. The summed E-state index contributed by atoms with van der Waals surface area (Å²) in [6, 6.07) is 10.9. The Morgan fingerprint density at radius 3 is 2.48 bits per heavy atom. The van der Waals surface area contributed by atoms with Crippen LogP contribution in [-0.4, -0.2) is 30.2 Å². The number of rotatable bonds is 4. The Morgan fingerprint density at radius 2 is 1.83 bits per heavy atom. The van der Waals surface area contributed by atoms with Gasteiger partial charge < -0.3 is 14.3 Å². The van der Waals surface area contributed by atoms with Crippen LogP contribution in [0.1, 0.15) is 30.9 Å². The molecule has 0 radical (unpaired) electrons. The van der Waals surface area contributed by atoms with Crippen molar-refractivity contribution in [1.82, 2.24) is 4.90 Å². The number of phenols is 1. The van der Waals surface area contributed by atoms with Gasteiger partial charge in [0, 0.05) is 11.9 Å². The Kier molecular flexibility index (Phi) is 5.33. The highest BCUT2D eigenvalue weighted by atomic mass is 16.5.